The Morgan fingerprint density at radius 2 is 2.05 bits per heavy atom. The molecule has 2 aromatic heterocycles. The summed E-state index contributed by atoms with van der Waals surface area (Å²) in [6.07, 6.45) is 3.13. The molecule has 0 aliphatic carbocycles. The van der Waals surface area contributed by atoms with Crippen LogP contribution in [0.15, 0.2) is 48.8 Å². The average molecular weight is 312 g/mol. The van der Waals surface area contributed by atoms with E-state index in [1.54, 1.807) is 31.6 Å². The third-order valence-corrected chi connectivity index (χ3v) is 3.55. The van der Waals surface area contributed by atoms with Gasteiger partial charge in [-0.3, -0.25) is 15.1 Å². The first-order chi connectivity index (χ1) is 10.8. The molecule has 0 radical (unpaired) electrons. The molecule has 3 rings (SSSR count). The molecule has 0 spiro atoms. The van der Waals surface area contributed by atoms with E-state index < -0.39 is 0 Å². The number of carbonyl (C=O) groups is 1. The number of hydrogen-bond acceptors (Lipinski definition) is 6. The Morgan fingerprint density at radius 1 is 1.23 bits per heavy atom. The van der Waals surface area contributed by atoms with Gasteiger partial charge in [-0.2, -0.15) is 9.36 Å². The van der Waals surface area contributed by atoms with E-state index in [2.05, 4.69) is 19.7 Å². The molecule has 1 aromatic carbocycles. The topological polar surface area (TPSA) is 77.0 Å². The van der Waals surface area contributed by atoms with Gasteiger partial charge in [0, 0.05) is 35.1 Å². The Balaban J connectivity index is 1.78. The van der Waals surface area contributed by atoms with E-state index in [0.717, 1.165) is 22.8 Å². The third kappa shape index (κ3) is 3.09. The van der Waals surface area contributed by atoms with Gasteiger partial charge in [0.25, 0.3) is 5.91 Å². The fourth-order valence-electron chi connectivity index (χ4n) is 1.83. The lowest BCUT2D eigenvalue weighted by Gasteiger charge is -2.01. The number of carbonyl (C=O) groups excluding carboxylic acids is 1. The molecule has 110 valence electrons. The van der Waals surface area contributed by atoms with Crippen LogP contribution in [0, 0.1) is 0 Å². The first-order valence-corrected chi connectivity index (χ1v) is 7.23. The highest BCUT2D eigenvalue weighted by Crippen LogP contribution is 2.24. The number of pyridine rings is 1. The summed E-state index contributed by atoms with van der Waals surface area (Å²) in [5, 5.41) is 3.17. The number of anilines is 1. The molecule has 6 nitrogen and oxygen atoms in total. The van der Waals surface area contributed by atoms with E-state index in [1.807, 2.05) is 24.3 Å². The molecule has 0 aliphatic rings. The fraction of sp³-hybridized carbons (Fsp3) is 0.0667. The summed E-state index contributed by atoms with van der Waals surface area (Å²) < 4.78 is 9.43. The van der Waals surface area contributed by atoms with Crippen molar-refractivity contribution < 1.29 is 9.53 Å². The summed E-state index contributed by atoms with van der Waals surface area (Å²) in [6, 6.07) is 10.7. The standard InChI is InChI=1S/C15H12N4O2S/c1-21-12-4-2-3-11(9-12)13-17-15(22-19-13)18-14(20)10-5-7-16-8-6-10/h2-9H,1H3,(H,17,18,19,20). The maximum atomic E-state index is 12.0. The molecule has 3 aromatic rings. The summed E-state index contributed by atoms with van der Waals surface area (Å²) in [6.45, 7) is 0. The lowest BCUT2D eigenvalue weighted by atomic mass is 10.2. The minimum atomic E-state index is -0.240. The first-order valence-electron chi connectivity index (χ1n) is 6.46. The molecule has 0 aliphatic heterocycles. The maximum absolute atomic E-state index is 12.0. The molecule has 22 heavy (non-hydrogen) atoms. The molecule has 0 atom stereocenters. The van der Waals surface area contributed by atoms with Crippen molar-refractivity contribution in [1.82, 2.24) is 14.3 Å². The van der Waals surface area contributed by atoms with Gasteiger partial charge in [-0.05, 0) is 24.3 Å². The van der Waals surface area contributed by atoms with E-state index in [-0.39, 0.29) is 5.91 Å². The quantitative estimate of drug-likeness (QED) is 0.801. The molecule has 0 bridgehead atoms. The van der Waals surface area contributed by atoms with Crippen molar-refractivity contribution in [3.05, 3.63) is 54.4 Å². The second kappa shape index (κ2) is 6.31. The summed E-state index contributed by atoms with van der Waals surface area (Å²) in [4.78, 5) is 20.2. The van der Waals surface area contributed by atoms with E-state index in [4.69, 9.17) is 4.74 Å². The van der Waals surface area contributed by atoms with Gasteiger partial charge in [0.2, 0.25) is 5.13 Å². The molecular formula is C15H12N4O2S. The minimum absolute atomic E-state index is 0.240. The summed E-state index contributed by atoms with van der Waals surface area (Å²) in [5.41, 5.74) is 1.35. The highest BCUT2D eigenvalue weighted by atomic mass is 32.1. The normalized spacial score (nSPS) is 10.2. The fourth-order valence-corrected chi connectivity index (χ4v) is 2.41. The van der Waals surface area contributed by atoms with E-state index in [1.165, 1.54) is 0 Å². The number of aromatic nitrogens is 3. The molecule has 1 N–H and O–H groups in total. The van der Waals surface area contributed by atoms with Crippen LogP contribution < -0.4 is 10.1 Å². The average Bonchev–Trinajstić information content (AvgIpc) is 3.04. The molecule has 0 saturated heterocycles. The second-order valence-corrected chi connectivity index (χ2v) is 5.10. The number of methoxy groups -OCH3 is 1. The van der Waals surface area contributed by atoms with Gasteiger partial charge in [-0.25, -0.2) is 0 Å². The molecule has 2 heterocycles. The molecule has 1 amide bonds. The maximum Gasteiger partial charge on any atom is 0.257 e. The van der Waals surface area contributed by atoms with Gasteiger partial charge >= 0.3 is 0 Å². The van der Waals surface area contributed by atoms with Crippen molar-refractivity contribution in [1.29, 1.82) is 0 Å². The number of benzene rings is 1. The Morgan fingerprint density at radius 3 is 2.82 bits per heavy atom. The van der Waals surface area contributed by atoms with Crippen LogP contribution in [0.25, 0.3) is 11.4 Å². The van der Waals surface area contributed by atoms with Gasteiger partial charge < -0.3 is 4.74 Å². The molecule has 0 fully saturated rings. The molecule has 7 heteroatoms. The van der Waals surface area contributed by atoms with Crippen LogP contribution in [0.2, 0.25) is 0 Å². The zero-order valence-electron chi connectivity index (χ0n) is 11.7. The third-order valence-electron chi connectivity index (χ3n) is 2.92. The smallest absolute Gasteiger partial charge is 0.257 e. The zero-order valence-corrected chi connectivity index (χ0v) is 12.5. The highest BCUT2D eigenvalue weighted by Gasteiger charge is 2.11. The van der Waals surface area contributed by atoms with Gasteiger partial charge in [-0.15, -0.1) is 0 Å². The molecule has 0 saturated carbocycles. The van der Waals surface area contributed by atoms with Crippen molar-refractivity contribution in [2.24, 2.45) is 0 Å². The van der Waals surface area contributed by atoms with Crippen LogP contribution in [-0.2, 0) is 0 Å². The van der Waals surface area contributed by atoms with Crippen LogP contribution in [-0.4, -0.2) is 27.4 Å². The van der Waals surface area contributed by atoms with Crippen molar-refractivity contribution in [3.63, 3.8) is 0 Å². The SMILES string of the molecule is COc1cccc(-c2nsc(NC(=O)c3ccncc3)n2)c1. The predicted octanol–water partition coefficient (Wildman–Crippen LogP) is 2.86. The van der Waals surface area contributed by atoms with Crippen LogP contribution in [0.3, 0.4) is 0 Å². The van der Waals surface area contributed by atoms with Gasteiger partial charge in [0.15, 0.2) is 5.82 Å². The largest absolute Gasteiger partial charge is 0.497 e. The monoisotopic (exact) mass is 312 g/mol. The highest BCUT2D eigenvalue weighted by molar-refractivity contribution is 7.10. The Bertz CT molecular complexity index is 789. The second-order valence-electron chi connectivity index (χ2n) is 4.35. The van der Waals surface area contributed by atoms with E-state index >= 15 is 0 Å². The summed E-state index contributed by atoms with van der Waals surface area (Å²) >= 11 is 1.13. The number of ether oxygens (including phenoxy) is 1. The van der Waals surface area contributed by atoms with Gasteiger partial charge in [-0.1, -0.05) is 12.1 Å². The number of amides is 1. The Hall–Kier alpha value is -2.80. The lowest BCUT2D eigenvalue weighted by Crippen LogP contribution is -2.11. The van der Waals surface area contributed by atoms with Crippen LogP contribution in [0.5, 0.6) is 5.75 Å². The zero-order chi connectivity index (χ0) is 15.4. The summed E-state index contributed by atoms with van der Waals surface area (Å²) in [5.74, 6) is 1.04. The summed E-state index contributed by atoms with van der Waals surface area (Å²) in [7, 11) is 1.61. The Labute approximate surface area is 131 Å². The van der Waals surface area contributed by atoms with E-state index in [0.29, 0.717) is 16.5 Å². The van der Waals surface area contributed by atoms with Crippen molar-refractivity contribution in [2.45, 2.75) is 0 Å². The van der Waals surface area contributed by atoms with Crippen molar-refractivity contribution >= 4 is 22.6 Å². The minimum Gasteiger partial charge on any atom is -0.497 e. The van der Waals surface area contributed by atoms with Crippen LogP contribution in [0.1, 0.15) is 10.4 Å². The predicted molar refractivity (Wildman–Crippen MR) is 84.1 cm³/mol. The number of nitrogens with zero attached hydrogens (tertiary/aromatic N) is 3. The number of nitrogens with one attached hydrogen (secondary N) is 1. The number of hydrogen-bond donors (Lipinski definition) is 1. The number of rotatable bonds is 4. The van der Waals surface area contributed by atoms with Crippen LogP contribution in [0.4, 0.5) is 5.13 Å². The molecule has 0 unspecified atom stereocenters. The van der Waals surface area contributed by atoms with E-state index in [9.17, 15) is 4.79 Å². The Kier molecular flexibility index (Phi) is 4.06. The first kappa shape index (κ1) is 14.2. The lowest BCUT2D eigenvalue weighted by molar-refractivity contribution is 0.102. The van der Waals surface area contributed by atoms with Gasteiger partial charge in [0.1, 0.15) is 5.75 Å². The molecular weight excluding hydrogens is 300 g/mol. The van der Waals surface area contributed by atoms with Crippen molar-refractivity contribution in [2.75, 3.05) is 12.4 Å². The van der Waals surface area contributed by atoms with Crippen molar-refractivity contribution in [3.8, 4) is 17.1 Å². The van der Waals surface area contributed by atoms with Crippen LogP contribution >= 0.6 is 11.5 Å². The van der Waals surface area contributed by atoms with Gasteiger partial charge in [0.05, 0.1) is 7.11 Å².